The zero-order valence-electron chi connectivity index (χ0n) is 10.2. The molecule has 2 heteroatoms. The second-order valence-electron chi connectivity index (χ2n) is 4.83. The molecule has 1 aliphatic carbocycles. The fourth-order valence-electron chi connectivity index (χ4n) is 2.82. The van der Waals surface area contributed by atoms with Crippen molar-refractivity contribution >= 4 is 5.97 Å². The second-order valence-corrected chi connectivity index (χ2v) is 4.83. The van der Waals surface area contributed by atoms with Crippen LogP contribution in [0.15, 0.2) is 42.5 Å². The standard InChI is InChI=1S/C16H14O2/c1-10-6-7-13-11-4-2-3-5-12(11)15(9-16(17)18)14(13)8-10/h2-8,15H,9H2,1H3,(H,17,18). The van der Waals surface area contributed by atoms with E-state index in [1.54, 1.807) is 0 Å². The largest absolute Gasteiger partial charge is 0.481 e. The first kappa shape index (κ1) is 11.0. The number of benzene rings is 2. The number of hydrogen-bond donors (Lipinski definition) is 1. The molecule has 0 amide bonds. The van der Waals surface area contributed by atoms with Crippen LogP contribution in [0.1, 0.15) is 29.0 Å². The average molecular weight is 238 g/mol. The lowest BCUT2D eigenvalue weighted by Crippen LogP contribution is -2.05. The van der Waals surface area contributed by atoms with Crippen molar-refractivity contribution in [3.63, 3.8) is 0 Å². The smallest absolute Gasteiger partial charge is 0.304 e. The number of aliphatic carboxylic acids is 1. The summed E-state index contributed by atoms with van der Waals surface area (Å²) < 4.78 is 0. The SMILES string of the molecule is Cc1ccc2c(c1)C(CC(=O)O)c1ccccc1-2. The summed E-state index contributed by atoms with van der Waals surface area (Å²) in [5.41, 5.74) is 5.83. The molecule has 0 bridgehead atoms. The molecule has 1 N–H and O–H groups in total. The van der Waals surface area contributed by atoms with Crippen LogP contribution in [0, 0.1) is 6.92 Å². The van der Waals surface area contributed by atoms with Crippen LogP contribution in [0.2, 0.25) is 0 Å². The highest BCUT2D eigenvalue weighted by molar-refractivity contribution is 5.82. The lowest BCUT2D eigenvalue weighted by atomic mass is 9.93. The Bertz CT molecular complexity index is 629. The number of hydrogen-bond acceptors (Lipinski definition) is 1. The number of carboxylic acid groups (broad SMARTS) is 1. The van der Waals surface area contributed by atoms with E-state index in [4.69, 9.17) is 5.11 Å². The maximum absolute atomic E-state index is 11.1. The van der Waals surface area contributed by atoms with Gasteiger partial charge < -0.3 is 5.11 Å². The van der Waals surface area contributed by atoms with Crippen LogP contribution in [0.5, 0.6) is 0 Å². The van der Waals surface area contributed by atoms with E-state index in [2.05, 4.69) is 24.3 Å². The van der Waals surface area contributed by atoms with E-state index < -0.39 is 5.97 Å². The van der Waals surface area contributed by atoms with Gasteiger partial charge in [-0.25, -0.2) is 0 Å². The third-order valence-electron chi connectivity index (χ3n) is 3.59. The van der Waals surface area contributed by atoms with Crippen LogP contribution in [0.3, 0.4) is 0 Å². The van der Waals surface area contributed by atoms with Crippen molar-refractivity contribution in [2.75, 3.05) is 0 Å². The van der Waals surface area contributed by atoms with Crippen LogP contribution in [-0.4, -0.2) is 11.1 Å². The van der Waals surface area contributed by atoms with Gasteiger partial charge in [-0.2, -0.15) is 0 Å². The predicted molar refractivity (Wildman–Crippen MR) is 70.7 cm³/mol. The zero-order chi connectivity index (χ0) is 12.7. The van der Waals surface area contributed by atoms with Crippen LogP contribution >= 0.6 is 0 Å². The quantitative estimate of drug-likeness (QED) is 0.868. The summed E-state index contributed by atoms with van der Waals surface area (Å²) in [6.07, 6.45) is 0.160. The van der Waals surface area contributed by atoms with Gasteiger partial charge in [0.15, 0.2) is 0 Å². The van der Waals surface area contributed by atoms with Crippen molar-refractivity contribution in [1.82, 2.24) is 0 Å². The maximum atomic E-state index is 11.1. The first-order chi connectivity index (χ1) is 8.66. The van der Waals surface area contributed by atoms with E-state index in [1.165, 1.54) is 16.7 Å². The molecule has 0 aromatic heterocycles. The third kappa shape index (κ3) is 1.61. The molecule has 2 nitrogen and oxygen atoms in total. The monoisotopic (exact) mass is 238 g/mol. The van der Waals surface area contributed by atoms with Crippen molar-refractivity contribution < 1.29 is 9.90 Å². The lowest BCUT2D eigenvalue weighted by molar-refractivity contribution is -0.137. The minimum Gasteiger partial charge on any atom is -0.481 e. The van der Waals surface area contributed by atoms with Crippen LogP contribution in [0.4, 0.5) is 0 Å². The Morgan fingerprint density at radius 2 is 1.83 bits per heavy atom. The molecule has 0 heterocycles. The molecule has 2 aromatic rings. The van der Waals surface area contributed by atoms with Gasteiger partial charge in [-0.3, -0.25) is 4.79 Å². The summed E-state index contributed by atoms with van der Waals surface area (Å²) in [4.78, 5) is 11.1. The molecular weight excluding hydrogens is 224 g/mol. The topological polar surface area (TPSA) is 37.3 Å². The number of carboxylic acids is 1. The highest BCUT2D eigenvalue weighted by Gasteiger charge is 2.29. The Morgan fingerprint density at radius 3 is 2.61 bits per heavy atom. The van der Waals surface area contributed by atoms with E-state index in [1.807, 2.05) is 25.1 Å². The predicted octanol–water partition coefficient (Wildman–Crippen LogP) is 3.58. The summed E-state index contributed by atoms with van der Waals surface area (Å²) in [7, 11) is 0. The van der Waals surface area contributed by atoms with Crippen LogP contribution in [-0.2, 0) is 4.79 Å². The van der Waals surface area contributed by atoms with Gasteiger partial charge in [0.25, 0.3) is 0 Å². The van der Waals surface area contributed by atoms with Gasteiger partial charge in [0.2, 0.25) is 0 Å². The van der Waals surface area contributed by atoms with Crippen molar-refractivity contribution in [1.29, 1.82) is 0 Å². The third-order valence-corrected chi connectivity index (χ3v) is 3.59. The molecule has 0 radical (unpaired) electrons. The molecular formula is C16H14O2. The summed E-state index contributed by atoms with van der Waals surface area (Å²) in [6.45, 7) is 2.04. The fraction of sp³-hybridized carbons (Fsp3) is 0.188. The van der Waals surface area contributed by atoms with E-state index in [0.717, 1.165) is 11.1 Å². The van der Waals surface area contributed by atoms with Gasteiger partial charge in [0, 0.05) is 5.92 Å². The zero-order valence-corrected chi connectivity index (χ0v) is 10.2. The Kier molecular flexibility index (Phi) is 2.44. The highest BCUT2D eigenvalue weighted by Crippen LogP contribution is 2.46. The molecule has 2 aromatic carbocycles. The Hall–Kier alpha value is -2.09. The maximum Gasteiger partial charge on any atom is 0.304 e. The Morgan fingerprint density at radius 1 is 1.11 bits per heavy atom. The number of aryl methyl sites for hydroxylation is 1. The van der Waals surface area contributed by atoms with E-state index in [0.29, 0.717) is 0 Å². The van der Waals surface area contributed by atoms with Crippen molar-refractivity contribution in [3.05, 3.63) is 59.2 Å². The van der Waals surface area contributed by atoms with Gasteiger partial charge in [-0.1, -0.05) is 48.0 Å². The van der Waals surface area contributed by atoms with Crippen LogP contribution in [0.25, 0.3) is 11.1 Å². The molecule has 0 aliphatic heterocycles. The number of fused-ring (bicyclic) bond motifs is 3. The molecule has 0 saturated carbocycles. The minimum absolute atomic E-state index is 0.00593. The molecule has 0 spiro atoms. The average Bonchev–Trinajstić information content (AvgIpc) is 2.63. The molecule has 90 valence electrons. The van der Waals surface area contributed by atoms with Gasteiger partial charge in [-0.05, 0) is 29.2 Å². The molecule has 1 unspecified atom stereocenters. The van der Waals surface area contributed by atoms with Gasteiger partial charge in [0.05, 0.1) is 6.42 Å². The van der Waals surface area contributed by atoms with Gasteiger partial charge in [-0.15, -0.1) is 0 Å². The fourth-order valence-corrected chi connectivity index (χ4v) is 2.82. The Labute approximate surface area is 106 Å². The van der Waals surface area contributed by atoms with E-state index >= 15 is 0 Å². The van der Waals surface area contributed by atoms with Gasteiger partial charge >= 0.3 is 5.97 Å². The molecule has 3 rings (SSSR count). The summed E-state index contributed by atoms with van der Waals surface area (Å²) in [5.74, 6) is -0.752. The normalized spacial score (nSPS) is 16.2. The number of carbonyl (C=O) groups is 1. The van der Waals surface area contributed by atoms with Crippen molar-refractivity contribution in [3.8, 4) is 11.1 Å². The minimum atomic E-state index is -0.746. The second kappa shape index (κ2) is 3.98. The molecule has 1 atom stereocenters. The molecule has 0 saturated heterocycles. The van der Waals surface area contributed by atoms with Crippen molar-refractivity contribution in [2.24, 2.45) is 0 Å². The van der Waals surface area contributed by atoms with Crippen molar-refractivity contribution in [2.45, 2.75) is 19.3 Å². The van der Waals surface area contributed by atoms with E-state index in [9.17, 15) is 4.79 Å². The first-order valence-corrected chi connectivity index (χ1v) is 6.08. The highest BCUT2D eigenvalue weighted by atomic mass is 16.4. The summed E-state index contributed by atoms with van der Waals surface area (Å²) in [5, 5.41) is 9.09. The molecule has 18 heavy (non-hydrogen) atoms. The first-order valence-electron chi connectivity index (χ1n) is 6.08. The molecule has 0 fully saturated rings. The Balaban J connectivity index is 2.21. The summed E-state index contributed by atoms with van der Waals surface area (Å²) >= 11 is 0. The van der Waals surface area contributed by atoms with Gasteiger partial charge in [0.1, 0.15) is 0 Å². The lowest BCUT2D eigenvalue weighted by Gasteiger charge is -2.11. The van der Waals surface area contributed by atoms with Crippen LogP contribution < -0.4 is 0 Å². The summed E-state index contributed by atoms with van der Waals surface area (Å²) in [6, 6.07) is 14.4. The van der Waals surface area contributed by atoms with E-state index in [-0.39, 0.29) is 12.3 Å². The molecule has 1 aliphatic rings. The number of rotatable bonds is 2.